The molecule has 0 bridgehead atoms. The summed E-state index contributed by atoms with van der Waals surface area (Å²) in [5.74, 6) is 0.888. The molecule has 0 spiro atoms. The maximum Gasteiger partial charge on any atom is 0.338 e. The Bertz CT molecular complexity index is 1040. The second-order valence-electron chi connectivity index (χ2n) is 7.99. The second kappa shape index (κ2) is 9.91. The van der Waals surface area contributed by atoms with Crippen molar-refractivity contribution in [2.45, 2.75) is 39.2 Å². The molecule has 8 nitrogen and oxygen atoms in total. The van der Waals surface area contributed by atoms with Gasteiger partial charge in [0, 0.05) is 30.4 Å². The first-order chi connectivity index (χ1) is 16.0. The van der Waals surface area contributed by atoms with Crippen LogP contribution < -0.4 is 9.47 Å². The minimum atomic E-state index is -0.537. The van der Waals surface area contributed by atoms with E-state index in [1.807, 2.05) is 34.3 Å². The number of methoxy groups -OCH3 is 2. The molecular formula is C24H29N3O5S. The highest BCUT2D eigenvalue weighted by atomic mass is 32.2. The van der Waals surface area contributed by atoms with E-state index in [0.717, 1.165) is 42.4 Å². The van der Waals surface area contributed by atoms with Gasteiger partial charge in [0.05, 0.1) is 44.6 Å². The van der Waals surface area contributed by atoms with E-state index < -0.39 is 12.0 Å². The molecule has 0 aliphatic carbocycles. The maximum atomic E-state index is 13.1. The number of thioether (sulfide) groups is 1. The lowest BCUT2D eigenvalue weighted by molar-refractivity contribution is -0.139. The van der Waals surface area contributed by atoms with Crippen LogP contribution in [0.4, 0.5) is 0 Å². The summed E-state index contributed by atoms with van der Waals surface area (Å²) in [5.41, 5.74) is 2.62. The summed E-state index contributed by atoms with van der Waals surface area (Å²) >= 11 is 1.46. The molecule has 4 rings (SSSR count). The number of carbonyl (C=O) groups is 2. The van der Waals surface area contributed by atoms with Gasteiger partial charge in [-0.05, 0) is 44.2 Å². The summed E-state index contributed by atoms with van der Waals surface area (Å²) in [7, 11) is 3.18. The number of likely N-dealkylation sites (tertiary alicyclic amines) is 1. The minimum absolute atomic E-state index is 0.0880. The number of benzene rings is 1. The van der Waals surface area contributed by atoms with Crippen LogP contribution in [0.15, 0.2) is 45.6 Å². The van der Waals surface area contributed by atoms with Crippen molar-refractivity contribution >= 4 is 28.8 Å². The fourth-order valence-electron chi connectivity index (χ4n) is 4.41. The van der Waals surface area contributed by atoms with E-state index in [9.17, 15) is 9.59 Å². The van der Waals surface area contributed by atoms with Gasteiger partial charge in [0.2, 0.25) is 5.91 Å². The van der Waals surface area contributed by atoms with Gasteiger partial charge < -0.3 is 24.0 Å². The lowest BCUT2D eigenvalue weighted by Gasteiger charge is -2.37. The Kier molecular flexibility index (Phi) is 6.97. The summed E-state index contributed by atoms with van der Waals surface area (Å²) in [6.07, 6.45) is 2.32. The minimum Gasteiger partial charge on any atom is -0.497 e. The first-order valence-corrected chi connectivity index (χ1v) is 12.0. The molecule has 0 saturated carbocycles. The van der Waals surface area contributed by atoms with Crippen LogP contribution in [0, 0.1) is 0 Å². The van der Waals surface area contributed by atoms with Gasteiger partial charge in [0.1, 0.15) is 11.5 Å². The van der Waals surface area contributed by atoms with Crippen LogP contribution in [-0.2, 0) is 14.3 Å². The van der Waals surface area contributed by atoms with Crippen LogP contribution in [0.3, 0.4) is 0 Å². The third-order valence-corrected chi connectivity index (χ3v) is 6.91. The van der Waals surface area contributed by atoms with Crippen molar-refractivity contribution in [3.8, 4) is 11.5 Å². The Hall–Kier alpha value is -2.94. The standard InChI is InChI=1S/C24H29N3O5S/c1-5-32-23(29)21-15(2)25-24-27(16(14-33-24)12-20(28)26-10-6-7-11-26)22(21)18-9-8-17(30-3)13-19(18)31-4/h8-9,13-14,22H,5-7,10-12H2,1-4H3. The van der Waals surface area contributed by atoms with Crippen LogP contribution in [0.2, 0.25) is 0 Å². The fraction of sp³-hybridized carbons (Fsp3) is 0.458. The summed E-state index contributed by atoms with van der Waals surface area (Å²) < 4.78 is 16.5. The average Bonchev–Trinajstić information content (AvgIpc) is 3.48. The van der Waals surface area contributed by atoms with Crippen molar-refractivity contribution in [3.05, 3.63) is 46.1 Å². The molecule has 1 unspecified atom stereocenters. The molecule has 1 aromatic carbocycles. The highest BCUT2D eigenvalue weighted by Crippen LogP contribution is 2.47. The number of hydrogen-bond acceptors (Lipinski definition) is 8. The van der Waals surface area contributed by atoms with Gasteiger partial charge in [-0.15, -0.1) is 0 Å². The number of esters is 1. The molecule has 1 atom stereocenters. The SMILES string of the molecule is CCOC(=O)C1=C(C)N=C2SC=C(CC(=O)N3CCCC3)N2C1c1ccc(OC)cc1OC. The van der Waals surface area contributed by atoms with Gasteiger partial charge in [-0.2, -0.15) is 0 Å². The van der Waals surface area contributed by atoms with Gasteiger partial charge in [-0.1, -0.05) is 11.8 Å². The molecular weight excluding hydrogens is 442 g/mol. The van der Waals surface area contributed by atoms with Crippen molar-refractivity contribution in [3.63, 3.8) is 0 Å². The third kappa shape index (κ3) is 4.46. The predicted molar refractivity (Wildman–Crippen MR) is 127 cm³/mol. The van der Waals surface area contributed by atoms with E-state index in [1.54, 1.807) is 27.2 Å². The van der Waals surface area contributed by atoms with Crippen LogP contribution in [0.1, 0.15) is 44.7 Å². The molecule has 0 aromatic heterocycles. The first-order valence-electron chi connectivity index (χ1n) is 11.1. The number of nitrogens with zero attached hydrogens (tertiary/aromatic N) is 3. The zero-order chi connectivity index (χ0) is 23.5. The molecule has 176 valence electrons. The van der Waals surface area contributed by atoms with Gasteiger partial charge in [0.15, 0.2) is 5.17 Å². The number of ether oxygens (including phenoxy) is 3. The number of amidine groups is 1. The average molecular weight is 472 g/mol. The van der Waals surface area contributed by atoms with Crippen LogP contribution in [0.5, 0.6) is 11.5 Å². The summed E-state index contributed by atoms with van der Waals surface area (Å²) in [4.78, 5) is 34.6. The second-order valence-corrected chi connectivity index (χ2v) is 8.82. The summed E-state index contributed by atoms with van der Waals surface area (Å²) in [6.45, 7) is 5.43. The molecule has 3 aliphatic heterocycles. The highest BCUT2D eigenvalue weighted by molar-refractivity contribution is 8.16. The number of aliphatic imine (C=N–C) groups is 1. The van der Waals surface area contributed by atoms with Crippen molar-refractivity contribution < 1.29 is 23.8 Å². The normalized spacial score (nSPS) is 19.8. The smallest absolute Gasteiger partial charge is 0.338 e. The van der Waals surface area contributed by atoms with Gasteiger partial charge >= 0.3 is 5.97 Å². The van der Waals surface area contributed by atoms with E-state index in [4.69, 9.17) is 19.2 Å². The largest absolute Gasteiger partial charge is 0.497 e. The van der Waals surface area contributed by atoms with Crippen LogP contribution in [-0.4, -0.2) is 60.8 Å². The molecule has 1 saturated heterocycles. The summed E-state index contributed by atoms with van der Waals surface area (Å²) in [5, 5.41) is 2.68. The van der Waals surface area contributed by atoms with E-state index >= 15 is 0 Å². The number of allylic oxidation sites excluding steroid dienone is 1. The molecule has 9 heteroatoms. The predicted octanol–water partition coefficient (Wildman–Crippen LogP) is 3.85. The van der Waals surface area contributed by atoms with E-state index in [2.05, 4.69) is 0 Å². The number of amides is 1. The fourth-order valence-corrected chi connectivity index (χ4v) is 5.38. The Balaban J connectivity index is 1.77. The zero-order valence-electron chi connectivity index (χ0n) is 19.4. The molecule has 1 amide bonds. The molecule has 33 heavy (non-hydrogen) atoms. The van der Waals surface area contributed by atoms with E-state index in [1.165, 1.54) is 11.8 Å². The maximum absolute atomic E-state index is 13.1. The third-order valence-electron chi connectivity index (χ3n) is 6.02. The Morgan fingerprint density at radius 3 is 2.61 bits per heavy atom. The molecule has 0 radical (unpaired) electrons. The lowest BCUT2D eigenvalue weighted by Crippen LogP contribution is -2.38. The molecule has 1 fully saturated rings. The monoisotopic (exact) mass is 471 g/mol. The lowest BCUT2D eigenvalue weighted by atomic mass is 9.93. The number of fused-ring (bicyclic) bond motifs is 1. The molecule has 3 heterocycles. The zero-order valence-corrected chi connectivity index (χ0v) is 20.2. The van der Waals surface area contributed by atoms with Crippen LogP contribution in [0.25, 0.3) is 0 Å². The summed E-state index contributed by atoms with van der Waals surface area (Å²) in [6, 6.07) is 4.98. The van der Waals surface area contributed by atoms with E-state index in [-0.39, 0.29) is 18.9 Å². The van der Waals surface area contributed by atoms with E-state index in [0.29, 0.717) is 22.8 Å². The topological polar surface area (TPSA) is 80.7 Å². The molecule has 3 aliphatic rings. The Morgan fingerprint density at radius 2 is 1.94 bits per heavy atom. The van der Waals surface area contributed by atoms with Crippen LogP contribution >= 0.6 is 11.8 Å². The van der Waals surface area contributed by atoms with Crippen molar-refractivity contribution in [2.24, 2.45) is 4.99 Å². The Morgan fingerprint density at radius 1 is 1.18 bits per heavy atom. The van der Waals surface area contributed by atoms with Gasteiger partial charge in [-0.25, -0.2) is 9.79 Å². The van der Waals surface area contributed by atoms with Crippen molar-refractivity contribution in [2.75, 3.05) is 33.9 Å². The molecule has 0 N–H and O–H groups in total. The Labute approximate surface area is 198 Å². The van der Waals surface area contributed by atoms with Crippen molar-refractivity contribution in [1.29, 1.82) is 0 Å². The quantitative estimate of drug-likeness (QED) is 0.559. The number of carbonyl (C=O) groups excluding carboxylic acids is 2. The number of rotatable bonds is 7. The van der Waals surface area contributed by atoms with Crippen molar-refractivity contribution in [1.82, 2.24) is 9.80 Å². The highest BCUT2D eigenvalue weighted by Gasteiger charge is 2.42. The van der Waals surface area contributed by atoms with Gasteiger partial charge in [0.25, 0.3) is 0 Å². The van der Waals surface area contributed by atoms with Gasteiger partial charge in [-0.3, -0.25) is 4.79 Å². The molecule has 1 aromatic rings. The number of hydrogen-bond donors (Lipinski definition) is 0. The first kappa shape index (κ1) is 23.2.